The second kappa shape index (κ2) is 7.25. The molecule has 3 aromatic heterocycles. The van der Waals surface area contributed by atoms with Crippen molar-refractivity contribution in [3.63, 3.8) is 0 Å². The minimum Gasteiger partial charge on any atom is -0.349 e. The number of amidine groups is 1. The van der Waals surface area contributed by atoms with Gasteiger partial charge in [0.2, 0.25) is 5.95 Å². The van der Waals surface area contributed by atoms with Gasteiger partial charge in [0.15, 0.2) is 11.5 Å². The summed E-state index contributed by atoms with van der Waals surface area (Å²) < 4.78 is 13.4. The Hall–Kier alpha value is -3.50. The van der Waals surface area contributed by atoms with E-state index in [1.165, 1.54) is 18.3 Å². The van der Waals surface area contributed by atoms with Gasteiger partial charge < -0.3 is 15.3 Å². The smallest absolute Gasteiger partial charge is 0.203 e. The van der Waals surface area contributed by atoms with Crippen molar-refractivity contribution in [2.45, 2.75) is 6.54 Å². The minimum absolute atomic E-state index is 0.150. The summed E-state index contributed by atoms with van der Waals surface area (Å²) in [6.07, 6.45) is 4.84. The summed E-state index contributed by atoms with van der Waals surface area (Å²) in [5.41, 5.74) is 1.33. The molecular weight excluding hydrogens is 387 g/mol. The fraction of sp³-hybridized carbons (Fsp3) is 0.0588. The van der Waals surface area contributed by atoms with Crippen LogP contribution in [-0.4, -0.2) is 36.0 Å². The maximum atomic E-state index is 13.4. The van der Waals surface area contributed by atoms with Crippen LogP contribution in [0.25, 0.3) is 11.2 Å². The molecule has 0 aliphatic carbocycles. The van der Waals surface area contributed by atoms with Crippen LogP contribution in [0.5, 0.6) is 0 Å². The van der Waals surface area contributed by atoms with E-state index in [-0.39, 0.29) is 16.5 Å². The molecule has 0 radical (unpaired) electrons. The number of aromatic amines is 2. The lowest BCUT2D eigenvalue weighted by atomic mass is 10.2. The predicted molar refractivity (Wildman–Crippen MR) is 102 cm³/mol. The molecule has 0 aliphatic rings. The lowest BCUT2D eigenvalue weighted by Gasteiger charge is -2.18. The Kier molecular flexibility index (Phi) is 4.63. The van der Waals surface area contributed by atoms with Crippen molar-refractivity contribution in [2.75, 3.05) is 10.4 Å². The standard InChI is InChI=1S/C17H14ClFN8O/c18-11-7-9(1-2-12(11)19)27(28)15(20)10-3-4-23-16-14(10)25-17(26-16)24-8-13-21-5-6-22-13/h1-7,20,28H,8H2,(H,21,22)(H2,23,24,25,26). The average molecular weight is 401 g/mol. The number of pyridine rings is 1. The molecule has 0 saturated heterocycles. The molecule has 1 aromatic carbocycles. The summed E-state index contributed by atoms with van der Waals surface area (Å²) in [5, 5.41) is 22.3. The quantitative estimate of drug-likeness (QED) is 0.198. The molecule has 3 heterocycles. The Labute approximate surface area is 162 Å². The number of rotatable bonds is 5. The van der Waals surface area contributed by atoms with Crippen molar-refractivity contribution in [3.8, 4) is 0 Å². The molecule has 0 saturated carbocycles. The third-order valence-electron chi connectivity index (χ3n) is 3.98. The molecule has 0 fully saturated rings. The van der Waals surface area contributed by atoms with Gasteiger partial charge in [0.05, 0.1) is 22.8 Å². The fourth-order valence-electron chi connectivity index (χ4n) is 2.61. The van der Waals surface area contributed by atoms with Gasteiger partial charge in [0.25, 0.3) is 0 Å². The van der Waals surface area contributed by atoms with Crippen LogP contribution < -0.4 is 10.4 Å². The van der Waals surface area contributed by atoms with Crippen LogP contribution in [0.1, 0.15) is 11.4 Å². The predicted octanol–water partition coefficient (Wildman–Crippen LogP) is 3.31. The number of fused-ring (bicyclic) bond motifs is 1. The number of hydrogen-bond acceptors (Lipinski definition) is 6. The summed E-state index contributed by atoms with van der Waals surface area (Å²) in [6.45, 7) is 0.416. The van der Waals surface area contributed by atoms with Crippen molar-refractivity contribution in [1.29, 1.82) is 5.41 Å². The first-order chi connectivity index (χ1) is 13.5. The second-order valence-corrected chi connectivity index (χ2v) is 6.20. The Balaban J connectivity index is 1.62. The first-order valence-electron chi connectivity index (χ1n) is 8.13. The maximum Gasteiger partial charge on any atom is 0.203 e. The summed E-state index contributed by atoms with van der Waals surface area (Å²) >= 11 is 5.76. The molecule has 0 spiro atoms. The lowest BCUT2D eigenvalue weighted by Crippen LogP contribution is -2.27. The molecular formula is C17H14ClFN8O. The summed E-state index contributed by atoms with van der Waals surface area (Å²) in [5.74, 6) is 0.304. The van der Waals surface area contributed by atoms with E-state index in [0.717, 1.165) is 11.9 Å². The van der Waals surface area contributed by atoms with Gasteiger partial charge >= 0.3 is 0 Å². The van der Waals surface area contributed by atoms with Gasteiger partial charge in [0.1, 0.15) is 11.6 Å². The molecule has 0 unspecified atom stereocenters. The Morgan fingerprint density at radius 2 is 2.14 bits per heavy atom. The van der Waals surface area contributed by atoms with Crippen molar-refractivity contribution in [3.05, 3.63) is 65.1 Å². The van der Waals surface area contributed by atoms with E-state index >= 15 is 0 Å². The number of hydroxylamine groups is 1. The molecule has 4 rings (SSSR count). The van der Waals surface area contributed by atoms with Crippen LogP contribution in [0.3, 0.4) is 0 Å². The van der Waals surface area contributed by atoms with Gasteiger partial charge in [-0.05, 0) is 24.3 Å². The third kappa shape index (κ3) is 3.38. The molecule has 142 valence electrons. The normalized spacial score (nSPS) is 11.0. The molecule has 0 atom stereocenters. The minimum atomic E-state index is -0.613. The Bertz CT molecular complexity index is 1140. The molecule has 28 heavy (non-hydrogen) atoms. The number of nitrogens with one attached hydrogen (secondary N) is 4. The average Bonchev–Trinajstić information content (AvgIpc) is 3.36. The van der Waals surface area contributed by atoms with E-state index < -0.39 is 5.82 Å². The van der Waals surface area contributed by atoms with Crippen LogP contribution in [0.4, 0.5) is 16.0 Å². The van der Waals surface area contributed by atoms with Crippen LogP contribution in [0.2, 0.25) is 5.02 Å². The maximum absolute atomic E-state index is 13.4. The summed E-state index contributed by atoms with van der Waals surface area (Å²) in [4.78, 5) is 18.6. The molecule has 9 nitrogen and oxygen atoms in total. The molecule has 0 aliphatic heterocycles. The first kappa shape index (κ1) is 17.9. The molecule has 4 aromatic rings. The van der Waals surface area contributed by atoms with Crippen molar-refractivity contribution >= 4 is 40.2 Å². The van der Waals surface area contributed by atoms with E-state index in [4.69, 9.17) is 17.0 Å². The highest BCUT2D eigenvalue weighted by Gasteiger charge is 2.18. The zero-order valence-corrected chi connectivity index (χ0v) is 15.0. The third-order valence-corrected chi connectivity index (χ3v) is 4.27. The van der Waals surface area contributed by atoms with Crippen molar-refractivity contribution in [2.24, 2.45) is 0 Å². The molecule has 0 bridgehead atoms. The van der Waals surface area contributed by atoms with Gasteiger partial charge in [-0.15, -0.1) is 0 Å². The first-order valence-corrected chi connectivity index (χ1v) is 8.50. The number of hydrogen-bond donors (Lipinski definition) is 5. The summed E-state index contributed by atoms with van der Waals surface area (Å²) in [7, 11) is 0. The number of imidazole rings is 2. The van der Waals surface area contributed by atoms with E-state index in [1.54, 1.807) is 18.5 Å². The van der Waals surface area contributed by atoms with E-state index in [9.17, 15) is 9.60 Å². The largest absolute Gasteiger partial charge is 0.349 e. The van der Waals surface area contributed by atoms with Gasteiger partial charge in [-0.1, -0.05) is 11.6 Å². The zero-order chi connectivity index (χ0) is 19.7. The Morgan fingerprint density at radius 1 is 1.29 bits per heavy atom. The fourth-order valence-corrected chi connectivity index (χ4v) is 2.79. The monoisotopic (exact) mass is 400 g/mol. The SMILES string of the molecule is N=C(c1ccnc2nc(NCc3ncc[nH]3)[nH]c12)N(O)c1ccc(F)c(Cl)c1. The second-order valence-electron chi connectivity index (χ2n) is 5.79. The highest BCUT2D eigenvalue weighted by atomic mass is 35.5. The number of nitrogens with zero attached hydrogens (tertiary/aromatic N) is 4. The van der Waals surface area contributed by atoms with Gasteiger partial charge in [0, 0.05) is 24.2 Å². The lowest BCUT2D eigenvalue weighted by molar-refractivity contribution is 0.312. The Morgan fingerprint density at radius 3 is 2.89 bits per heavy atom. The van der Waals surface area contributed by atoms with E-state index in [0.29, 0.717) is 34.3 Å². The van der Waals surface area contributed by atoms with Gasteiger partial charge in [-0.25, -0.2) is 19.4 Å². The highest BCUT2D eigenvalue weighted by molar-refractivity contribution is 6.31. The van der Waals surface area contributed by atoms with Gasteiger partial charge in [-0.3, -0.25) is 10.6 Å². The summed E-state index contributed by atoms with van der Waals surface area (Å²) in [6, 6.07) is 5.22. The van der Waals surface area contributed by atoms with Crippen LogP contribution in [-0.2, 0) is 6.54 Å². The topological polar surface area (TPSA) is 130 Å². The van der Waals surface area contributed by atoms with Crippen LogP contribution >= 0.6 is 11.6 Å². The zero-order valence-electron chi connectivity index (χ0n) is 14.2. The van der Waals surface area contributed by atoms with Crippen molar-refractivity contribution in [1.82, 2.24) is 24.9 Å². The number of halogens is 2. The van der Waals surface area contributed by atoms with Crippen LogP contribution in [0, 0.1) is 11.2 Å². The number of aromatic nitrogens is 5. The van der Waals surface area contributed by atoms with Gasteiger partial charge in [-0.2, -0.15) is 4.98 Å². The molecule has 5 N–H and O–H groups in total. The van der Waals surface area contributed by atoms with Crippen molar-refractivity contribution < 1.29 is 9.60 Å². The number of anilines is 2. The van der Waals surface area contributed by atoms with E-state index in [1.807, 2.05) is 0 Å². The highest BCUT2D eigenvalue weighted by Crippen LogP contribution is 2.24. The van der Waals surface area contributed by atoms with Crippen LogP contribution in [0.15, 0.2) is 42.9 Å². The molecule has 11 heteroatoms. The van der Waals surface area contributed by atoms with E-state index in [2.05, 4.69) is 30.2 Å². The number of benzene rings is 1. The molecule has 0 amide bonds. The number of H-pyrrole nitrogens is 2.